The van der Waals surface area contributed by atoms with Crippen LogP contribution in [-0.2, 0) is 27.4 Å². The molecule has 0 radical (unpaired) electrons. The Morgan fingerprint density at radius 3 is 2.30 bits per heavy atom. The van der Waals surface area contributed by atoms with Gasteiger partial charge in [0.25, 0.3) is 0 Å². The van der Waals surface area contributed by atoms with Gasteiger partial charge in [0.05, 0.1) is 0 Å². The highest BCUT2D eigenvalue weighted by Crippen LogP contribution is 2.25. The van der Waals surface area contributed by atoms with Crippen molar-refractivity contribution in [2.45, 2.75) is 63.9 Å². The number of aryl methyl sites for hydroxylation is 1. The Balaban J connectivity index is 2.15. The lowest BCUT2D eigenvalue weighted by molar-refractivity contribution is 0.318. The Bertz CT molecular complexity index is 758. The molecule has 128 valence electrons. The summed E-state index contributed by atoms with van der Waals surface area (Å²) >= 11 is 0. The van der Waals surface area contributed by atoms with E-state index in [9.17, 15) is 8.42 Å². The summed E-state index contributed by atoms with van der Waals surface area (Å²) < 4.78 is 35.1. The predicted octanol–water partition coefficient (Wildman–Crippen LogP) is 2.38. The fraction of sp³-hybridized carbons (Fsp3) is 0.714. The first-order valence-electron chi connectivity index (χ1n) is 7.50. The average Bonchev–Trinajstić information content (AvgIpc) is 3.06. The molecule has 0 N–H and O–H groups in total. The van der Waals surface area contributed by atoms with Crippen LogP contribution in [0, 0.1) is 0 Å². The lowest BCUT2D eigenvalue weighted by Crippen LogP contribution is -2.15. The molecule has 9 heteroatoms. The fourth-order valence-corrected chi connectivity index (χ4v) is 2.96. The molecule has 2 aromatic heterocycles. The summed E-state index contributed by atoms with van der Waals surface area (Å²) in [6, 6.07) is 0. The van der Waals surface area contributed by atoms with Crippen LogP contribution < -0.4 is 0 Å². The molecule has 0 bridgehead atoms. The number of hydrogen-bond acceptors (Lipinski definition) is 8. The van der Waals surface area contributed by atoms with Crippen LogP contribution >= 0.6 is 0 Å². The largest absolute Gasteiger partial charge is 0.339 e. The van der Waals surface area contributed by atoms with Gasteiger partial charge in [0.15, 0.2) is 21.5 Å². The van der Waals surface area contributed by atoms with Crippen molar-refractivity contribution in [3.8, 4) is 0 Å². The minimum absolute atomic E-state index is 0.0907. The third kappa shape index (κ3) is 4.15. The summed E-state index contributed by atoms with van der Waals surface area (Å²) in [4.78, 5) is 8.28. The summed E-state index contributed by atoms with van der Waals surface area (Å²) in [7, 11) is -3.58. The van der Waals surface area contributed by atoms with Crippen LogP contribution in [0.2, 0.25) is 0 Å². The van der Waals surface area contributed by atoms with Gasteiger partial charge in [-0.3, -0.25) is 0 Å². The van der Waals surface area contributed by atoms with Crippen LogP contribution in [0.4, 0.5) is 0 Å². The minimum Gasteiger partial charge on any atom is -0.339 e. The zero-order valence-corrected chi connectivity index (χ0v) is 14.8. The topological polar surface area (TPSA) is 112 Å². The molecule has 1 atom stereocenters. The summed E-state index contributed by atoms with van der Waals surface area (Å²) in [5.41, 5.74) is -0.331. The second-order valence-electron chi connectivity index (χ2n) is 6.51. The molecule has 0 saturated carbocycles. The van der Waals surface area contributed by atoms with Crippen molar-refractivity contribution in [2.75, 3.05) is 0 Å². The van der Waals surface area contributed by atoms with Gasteiger partial charge in [0.1, 0.15) is 11.0 Å². The van der Waals surface area contributed by atoms with E-state index in [-0.39, 0.29) is 22.9 Å². The zero-order chi connectivity index (χ0) is 17.3. The maximum Gasteiger partial charge on any atom is 0.244 e. The second-order valence-corrected chi connectivity index (χ2v) is 8.84. The first kappa shape index (κ1) is 17.6. The van der Waals surface area contributed by atoms with E-state index in [1.165, 1.54) is 6.92 Å². The van der Waals surface area contributed by atoms with Crippen LogP contribution in [-0.4, -0.2) is 28.7 Å². The van der Waals surface area contributed by atoms with Crippen molar-refractivity contribution in [1.82, 2.24) is 20.3 Å². The predicted molar refractivity (Wildman–Crippen MR) is 82.3 cm³/mol. The van der Waals surface area contributed by atoms with E-state index in [1.807, 2.05) is 27.7 Å². The lowest BCUT2D eigenvalue weighted by Gasteiger charge is -2.10. The molecule has 0 fully saturated rings. The second kappa shape index (κ2) is 6.38. The van der Waals surface area contributed by atoms with Gasteiger partial charge in [-0.1, -0.05) is 38.0 Å². The van der Waals surface area contributed by atoms with Crippen molar-refractivity contribution >= 4 is 9.84 Å². The standard InChI is InChI=1S/C14H22N4O4S/c1-6-7-10-15-12(21-17-10)9(2)23(19,20)8-11-16-13(22-18-11)14(3,4)5/h9H,6-8H2,1-5H3/t9-/m0/s1. The number of nitrogens with zero attached hydrogens (tertiary/aromatic N) is 4. The molecule has 0 aliphatic heterocycles. The molecule has 0 aliphatic rings. The Labute approximate surface area is 135 Å². The monoisotopic (exact) mass is 342 g/mol. The van der Waals surface area contributed by atoms with Gasteiger partial charge in [-0.25, -0.2) is 8.42 Å². The summed E-state index contributed by atoms with van der Waals surface area (Å²) in [6.45, 7) is 9.24. The molecule has 8 nitrogen and oxygen atoms in total. The van der Waals surface area contributed by atoms with E-state index < -0.39 is 15.1 Å². The highest BCUT2D eigenvalue weighted by Gasteiger charge is 2.31. The third-order valence-electron chi connectivity index (χ3n) is 3.28. The fourth-order valence-electron chi connectivity index (χ4n) is 1.83. The van der Waals surface area contributed by atoms with E-state index in [0.717, 1.165) is 6.42 Å². The number of hydrogen-bond donors (Lipinski definition) is 0. The van der Waals surface area contributed by atoms with Gasteiger partial charge in [-0.2, -0.15) is 9.97 Å². The summed E-state index contributed by atoms with van der Waals surface area (Å²) in [6.07, 6.45) is 1.51. The highest BCUT2D eigenvalue weighted by atomic mass is 32.2. The van der Waals surface area contributed by atoms with E-state index in [0.29, 0.717) is 18.1 Å². The minimum atomic E-state index is -3.58. The molecule has 0 unspecified atom stereocenters. The van der Waals surface area contributed by atoms with Crippen LogP contribution in [0.1, 0.15) is 69.7 Å². The van der Waals surface area contributed by atoms with Crippen LogP contribution in [0.5, 0.6) is 0 Å². The van der Waals surface area contributed by atoms with Gasteiger partial charge in [0.2, 0.25) is 11.8 Å². The molecular weight excluding hydrogens is 320 g/mol. The molecule has 2 aromatic rings. The van der Waals surface area contributed by atoms with E-state index in [1.54, 1.807) is 0 Å². The van der Waals surface area contributed by atoms with Gasteiger partial charge in [-0.05, 0) is 13.3 Å². The number of sulfone groups is 1. The van der Waals surface area contributed by atoms with Gasteiger partial charge < -0.3 is 9.05 Å². The maximum atomic E-state index is 12.5. The first-order valence-corrected chi connectivity index (χ1v) is 9.22. The van der Waals surface area contributed by atoms with E-state index in [4.69, 9.17) is 9.05 Å². The van der Waals surface area contributed by atoms with Gasteiger partial charge >= 0.3 is 0 Å². The summed E-state index contributed by atoms with van der Waals surface area (Å²) in [5, 5.41) is 6.61. The Morgan fingerprint density at radius 2 is 1.74 bits per heavy atom. The van der Waals surface area contributed by atoms with Crippen molar-refractivity contribution < 1.29 is 17.5 Å². The maximum absolute atomic E-state index is 12.5. The van der Waals surface area contributed by atoms with Gasteiger partial charge in [0, 0.05) is 11.8 Å². The third-order valence-corrected chi connectivity index (χ3v) is 5.22. The summed E-state index contributed by atoms with van der Waals surface area (Å²) in [5.74, 6) is 0.805. The van der Waals surface area contributed by atoms with Gasteiger partial charge in [-0.15, -0.1) is 0 Å². The molecule has 23 heavy (non-hydrogen) atoms. The van der Waals surface area contributed by atoms with E-state index >= 15 is 0 Å². The molecule has 0 amide bonds. The zero-order valence-electron chi connectivity index (χ0n) is 14.0. The number of rotatable bonds is 6. The van der Waals surface area contributed by atoms with E-state index in [2.05, 4.69) is 20.3 Å². The average molecular weight is 342 g/mol. The highest BCUT2D eigenvalue weighted by molar-refractivity contribution is 7.90. The molecule has 0 aromatic carbocycles. The van der Waals surface area contributed by atoms with Crippen molar-refractivity contribution in [3.63, 3.8) is 0 Å². The van der Waals surface area contributed by atoms with Crippen LogP contribution in [0.3, 0.4) is 0 Å². The Kier molecular flexibility index (Phi) is 4.88. The quantitative estimate of drug-likeness (QED) is 0.786. The van der Waals surface area contributed by atoms with Crippen LogP contribution in [0.15, 0.2) is 9.05 Å². The molecule has 2 rings (SSSR count). The SMILES string of the molecule is CCCc1noc([C@H](C)S(=O)(=O)Cc2noc(C(C)(C)C)n2)n1. The molecular formula is C14H22N4O4S. The normalized spacial score (nSPS) is 14.1. The smallest absolute Gasteiger partial charge is 0.244 e. The molecule has 0 spiro atoms. The molecule has 0 saturated heterocycles. The number of aromatic nitrogens is 4. The van der Waals surface area contributed by atoms with Crippen molar-refractivity contribution in [3.05, 3.63) is 23.4 Å². The Morgan fingerprint density at radius 1 is 1.09 bits per heavy atom. The first-order chi connectivity index (χ1) is 10.6. The van der Waals surface area contributed by atoms with Crippen molar-refractivity contribution in [1.29, 1.82) is 0 Å². The molecule has 2 heterocycles. The lowest BCUT2D eigenvalue weighted by atomic mass is 9.97. The molecule has 0 aliphatic carbocycles. The van der Waals surface area contributed by atoms with Crippen molar-refractivity contribution in [2.24, 2.45) is 0 Å². The Hall–Kier alpha value is -1.77. The van der Waals surface area contributed by atoms with Crippen LogP contribution in [0.25, 0.3) is 0 Å².